The summed E-state index contributed by atoms with van der Waals surface area (Å²) in [6.45, 7) is 11.1. The maximum Gasteiger partial charge on any atom is 0.241 e. The van der Waals surface area contributed by atoms with E-state index in [1.165, 1.54) is 11.3 Å². The van der Waals surface area contributed by atoms with Gasteiger partial charge in [0.1, 0.15) is 4.90 Å². The second-order valence-corrected chi connectivity index (χ2v) is 8.24. The van der Waals surface area contributed by atoms with Crippen LogP contribution < -0.4 is 10.0 Å². The van der Waals surface area contributed by atoms with Gasteiger partial charge in [0, 0.05) is 24.0 Å². The van der Waals surface area contributed by atoms with Gasteiger partial charge in [-0.05, 0) is 23.8 Å². The molecule has 6 heteroatoms. The standard InChI is InChI=1S/C14H26N2O2S2/c1-6-11(4)7-16-20(17,18)14-12(5)9-19-13(14)8-15-10(2)3/h9-11,15-16H,6-8H2,1-5H3. The lowest BCUT2D eigenvalue weighted by Gasteiger charge is -2.13. The molecular formula is C14H26N2O2S2. The van der Waals surface area contributed by atoms with E-state index in [9.17, 15) is 8.42 Å². The second-order valence-electron chi connectivity index (χ2n) is 5.57. The molecule has 1 atom stereocenters. The number of thiophene rings is 1. The molecule has 0 aliphatic rings. The maximum atomic E-state index is 12.5. The Balaban J connectivity index is 2.90. The first kappa shape index (κ1) is 17.6. The summed E-state index contributed by atoms with van der Waals surface area (Å²) in [6.07, 6.45) is 0.965. The number of rotatable bonds is 8. The summed E-state index contributed by atoms with van der Waals surface area (Å²) in [5.74, 6) is 0.348. The molecule has 1 heterocycles. The molecule has 0 amide bonds. The highest BCUT2D eigenvalue weighted by Gasteiger charge is 2.23. The maximum absolute atomic E-state index is 12.5. The molecule has 1 aromatic heterocycles. The Bertz CT molecular complexity index is 521. The van der Waals surface area contributed by atoms with Crippen LogP contribution in [-0.2, 0) is 16.6 Å². The Labute approximate surface area is 127 Å². The molecule has 0 spiro atoms. The predicted octanol–water partition coefficient (Wildman–Crippen LogP) is 2.88. The molecule has 20 heavy (non-hydrogen) atoms. The zero-order valence-electron chi connectivity index (χ0n) is 13.0. The van der Waals surface area contributed by atoms with E-state index in [0.717, 1.165) is 16.9 Å². The van der Waals surface area contributed by atoms with Crippen molar-refractivity contribution in [1.82, 2.24) is 10.0 Å². The van der Waals surface area contributed by atoms with Gasteiger partial charge in [0.05, 0.1) is 0 Å². The van der Waals surface area contributed by atoms with Crippen LogP contribution in [0.5, 0.6) is 0 Å². The predicted molar refractivity (Wildman–Crippen MR) is 85.7 cm³/mol. The molecule has 0 bridgehead atoms. The SMILES string of the molecule is CCC(C)CNS(=O)(=O)c1c(C)csc1CNC(C)C. The second kappa shape index (κ2) is 7.54. The Morgan fingerprint density at radius 2 is 1.95 bits per heavy atom. The molecule has 1 unspecified atom stereocenters. The minimum absolute atomic E-state index is 0.334. The van der Waals surface area contributed by atoms with Gasteiger partial charge >= 0.3 is 0 Å². The molecule has 0 aromatic carbocycles. The molecule has 4 nitrogen and oxygen atoms in total. The summed E-state index contributed by atoms with van der Waals surface area (Å²) in [6, 6.07) is 0.334. The highest BCUT2D eigenvalue weighted by atomic mass is 32.2. The van der Waals surface area contributed by atoms with Crippen molar-refractivity contribution >= 4 is 21.4 Å². The summed E-state index contributed by atoms with van der Waals surface area (Å²) < 4.78 is 27.7. The lowest BCUT2D eigenvalue weighted by Crippen LogP contribution is -2.30. The average molecular weight is 319 g/mol. The van der Waals surface area contributed by atoms with Crippen molar-refractivity contribution in [3.05, 3.63) is 15.8 Å². The fraction of sp³-hybridized carbons (Fsp3) is 0.714. The van der Waals surface area contributed by atoms with E-state index in [-0.39, 0.29) is 0 Å². The van der Waals surface area contributed by atoms with Crippen molar-refractivity contribution in [2.45, 2.75) is 58.5 Å². The van der Waals surface area contributed by atoms with Gasteiger partial charge in [-0.25, -0.2) is 13.1 Å². The van der Waals surface area contributed by atoms with Crippen LogP contribution in [-0.4, -0.2) is 21.0 Å². The van der Waals surface area contributed by atoms with Gasteiger partial charge in [0.25, 0.3) is 0 Å². The van der Waals surface area contributed by atoms with Crippen LogP contribution in [0.15, 0.2) is 10.3 Å². The summed E-state index contributed by atoms with van der Waals surface area (Å²) in [7, 11) is -3.41. The van der Waals surface area contributed by atoms with Crippen LogP contribution >= 0.6 is 11.3 Å². The fourth-order valence-corrected chi connectivity index (χ4v) is 4.66. The first-order valence-corrected chi connectivity index (χ1v) is 9.44. The molecule has 0 aliphatic carbocycles. The van der Waals surface area contributed by atoms with Gasteiger partial charge in [0.15, 0.2) is 0 Å². The summed E-state index contributed by atoms with van der Waals surface area (Å²) >= 11 is 1.50. The summed E-state index contributed by atoms with van der Waals surface area (Å²) in [4.78, 5) is 1.34. The third-order valence-electron chi connectivity index (χ3n) is 3.25. The normalized spacial score (nSPS) is 13.9. The molecule has 1 rings (SSSR count). The van der Waals surface area contributed by atoms with Crippen molar-refractivity contribution < 1.29 is 8.42 Å². The van der Waals surface area contributed by atoms with Gasteiger partial charge in [-0.1, -0.05) is 34.1 Å². The number of sulfonamides is 1. The Kier molecular flexibility index (Phi) is 6.64. The minimum Gasteiger partial charge on any atom is -0.310 e. The molecule has 0 fully saturated rings. The molecule has 0 aliphatic heterocycles. The van der Waals surface area contributed by atoms with Gasteiger partial charge < -0.3 is 5.32 Å². The van der Waals surface area contributed by atoms with Crippen LogP contribution in [0.2, 0.25) is 0 Å². The van der Waals surface area contributed by atoms with Crippen molar-refractivity contribution in [1.29, 1.82) is 0 Å². The van der Waals surface area contributed by atoms with Crippen LogP contribution in [0.25, 0.3) is 0 Å². The van der Waals surface area contributed by atoms with Crippen molar-refractivity contribution in [2.75, 3.05) is 6.54 Å². The van der Waals surface area contributed by atoms with Gasteiger partial charge in [-0.3, -0.25) is 0 Å². The number of hydrogen-bond acceptors (Lipinski definition) is 4. The topological polar surface area (TPSA) is 58.2 Å². The summed E-state index contributed by atoms with van der Waals surface area (Å²) in [5, 5.41) is 5.19. The van der Waals surface area contributed by atoms with Crippen LogP contribution in [0.3, 0.4) is 0 Å². The van der Waals surface area contributed by atoms with Crippen LogP contribution in [0.4, 0.5) is 0 Å². The van der Waals surface area contributed by atoms with Crippen LogP contribution in [0.1, 0.15) is 44.6 Å². The number of hydrogen-bond donors (Lipinski definition) is 2. The Morgan fingerprint density at radius 3 is 2.50 bits per heavy atom. The quantitative estimate of drug-likeness (QED) is 0.775. The fourth-order valence-electron chi connectivity index (χ4n) is 1.74. The van der Waals surface area contributed by atoms with Crippen molar-refractivity contribution in [2.24, 2.45) is 5.92 Å². The average Bonchev–Trinajstić information content (AvgIpc) is 2.75. The van der Waals surface area contributed by atoms with Crippen LogP contribution in [0, 0.1) is 12.8 Å². The van der Waals surface area contributed by atoms with E-state index in [1.54, 1.807) is 0 Å². The van der Waals surface area contributed by atoms with Crippen molar-refractivity contribution in [3.63, 3.8) is 0 Å². The first-order valence-electron chi connectivity index (χ1n) is 7.08. The van der Waals surface area contributed by atoms with E-state index >= 15 is 0 Å². The largest absolute Gasteiger partial charge is 0.310 e. The van der Waals surface area contributed by atoms with E-state index in [0.29, 0.717) is 29.9 Å². The highest BCUT2D eigenvalue weighted by molar-refractivity contribution is 7.89. The molecular weight excluding hydrogens is 292 g/mol. The lowest BCUT2D eigenvalue weighted by molar-refractivity contribution is 0.526. The molecule has 0 saturated carbocycles. The minimum atomic E-state index is -3.41. The molecule has 0 radical (unpaired) electrons. The van der Waals surface area contributed by atoms with E-state index in [4.69, 9.17) is 0 Å². The van der Waals surface area contributed by atoms with Gasteiger partial charge in [0.2, 0.25) is 10.0 Å². The van der Waals surface area contributed by atoms with Gasteiger partial charge in [-0.15, -0.1) is 11.3 Å². The van der Waals surface area contributed by atoms with E-state index in [2.05, 4.69) is 30.8 Å². The smallest absolute Gasteiger partial charge is 0.241 e. The third kappa shape index (κ3) is 4.84. The number of aryl methyl sites for hydroxylation is 1. The van der Waals surface area contributed by atoms with Crippen molar-refractivity contribution in [3.8, 4) is 0 Å². The molecule has 116 valence electrons. The monoisotopic (exact) mass is 318 g/mol. The lowest BCUT2D eigenvalue weighted by atomic mass is 10.1. The highest BCUT2D eigenvalue weighted by Crippen LogP contribution is 2.26. The summed E-state index contributed by atoms with van der Waals surface area (Å²) in [5.41, 5.74) is 0.826. The van der Waals surface area contributed by atoms with Gasteiger partial charge in [-0.2, -0.15) is 0 Å². The van der Waals surface area contributed by atoms with E-state index in [1.807, 2.05) is 19.2 Å². The third-order valence-corrected chi connectivity index (χ3v) is 6.13. The Morgan fingerprint density at radius 1 is 1.30 bits per heavy atom. The van der Waals surface area contributed by atoms with E-state index < -0.39 is 10.0 Å². The number of nitrogens with one attached hydrogen (secondary N) is 2. The molecule has 1 aromatic rings. The molecule has 0 saturated heterocycles. The molecule has 2 N–H and O–H groups in total. The first-order chi connectivity index (χ1) is 9.27. The Hall–Kier alpha value is -0.430. The zero-order valence-corrected chi connectivity index (χ0v) is 14.6. The zero-order chi connectivity index (χ0) is 15.3.